The fourth-order valence-corrected chi connectivity index (χ4v) is 3.19. The van der Waals surface area contributed by atoms with Crippen LogP contribution in [-0.4, -0.2) is 34.7 Å². The summed E-state index contributed by atoms with van der Waals surface area (Å²) < 4.78 is 5.48. The molecule has 0 aliphatic carbocycles. The number of nitrogens with zero attached hydrogens (tertiary/aromatic N) is 1. The van der Waals surface area contributed by atoms with Gasteiger partial charge in [0, 0.05) is 36.1 Å². The second-order valence-electron chi connectivity index (χ2n) is 7.15. The first kappa shape index (κ1) is 14.9. The molecular weight excluding hydrogens is 276 g/mol. The Kier molecular flexibility index (Phi) is 3.63. The molecule has 1 fully saturated rings. The van der Waals surface area contributed by atoms with Gasteiger partial charge in [0.05, 0.1) is 0 Å². The average molecular weight is 300 g/mol. The second-order valence-corrected chi connectivity index (χ2v) is 7.15. The average Bonchev–Trinajstić information content (AvgIpc) is 3.06. The Morgan fingerprint density at radius 3 is 2.82 bits per heavy atom. The number of hydrogen-bond acceptors (Lipinski definition) is 2. The summed E-state index contributed by atoms with van der Waals surface area (Å²) in [7, 11) is 0. The van der Waals surface area contributed by atoms with E-state index in [2.05, 4.69) is 30.1 Å². The van der Waals surface area contributed by atoms with Crippen LogP contribution in [0, 0.1) is 6.92 Å². The molecule has 2 aromatic rings. The van der Waals surface area contributed by atoms with E-state index in [1.54, 1.807) is 0 Å². The Hall–Kier alpha value is -1.97. The summed E-state index contributed by atoms with van der Waals surface area (Å²) >= 11 is 0. The molecule has 1 atom stereocenters. The van der Waals surface area contributed by atoms with Crippen LogP contribution in [0.1, 0.15) is 44.2 Å². The molecule has 3 rings (SSSR count). The van der Waals surface area contributed by atoms with E-state index in [1.807, 2.05) is 31.9 Å². The summed E-state index contributed by atoms with van der Waals surface area (Å²) in [5, 5.41) is 1.27. The third kappa shape index (κ3) is 2.82. The van der Waals surface area contributed by atoms with Crippen molar-refractivity contribution in [2.24, 2.45) is 0 Å². The maximum absolute atomic E-state index is 12.2. The molecule has 1 aliphatic rings. The van der Waals surface area contributed by atoms with Crippen LogP contribution in [0.4, 0.5) is 4.79 Å². The number of aromatic amines is 1. The van der Waals surface area contributed by atoms with Crippen molar-refractivity contribution in [3.8, 4) is 0 Å². The van der Waals surface area contributed by atoms with Crippen molar-refractivity contribution in [3.05, 3.63) is 35.5 Å². The molecule has 1 N–H and O–H groups in total. The molecule has 1 aromatic carbocycles. The van der Waals surface area contributed by atoms with Gasteiger partial charge in [-0.2, -0.15) is 0 Å². The first-order valence-electron chi connectivity index (χ1n) is 7.89. The van der Waals surface area contributed by atoms with Gasteiger partial charge in [-0.25, -0.2) is 4.79 Å². The number of amides is 1. The molecule has 0 saturated carbocycles. The topological polar surface area (TPSA) is 45.3 Å². The van der Waals surface area contributed by atoms with Crippen LogP contribution in [0.15, 0.2) is 24.4 Å². The molecule has 22 heavy (non-hydrogen) atoms. The van der Waals surface area contributed by atoms with E-state index in [4.69, 9.17) is 4.74 Å². The van der Waals surface area contributed by atoms with Crippen molar-refractivity contribution in [1.29, 1.82) is 0 Å². The molecule has 1 saturated heterocycles. The van der Waals surface area contributed by atoms with Crippen LogP contribution in [0.5, 0.6) is 0 Å². The Labute approximate surface area is 131 Å². The highest BCUT2D eigenvalue weighted by atomic mass is 16.6. The Morgan fingerprint density at radius 2 is 2.09 bits per heavy atom. The maximum atomic E-state index is 12.2. The maximum Gasteiger partial charge on any atom is 0.410 e. The van der Waals surface area contributed by atoms with Gasteiger partial charge in [0.1, 0.15) is 5.60 Å². The fourth-order valence-electron chi connectivity index (χ4n) is 3.19. The van der Waals surface area contributed by atoms with Crippen molar-refractivity contribution >= 4 is 17.0 Å². The number of H-pyrrole nitrogens is 1. The lowest BCUT2D eigenvalue weighted by Crippen LogP contribution is -2.35. The summed E-state index contributed by atoms with van der Waals surface area (Å²) in [6.07, 6.45) is 2.78. The highest BCUT2D eigenvalue weighted by Gasteiger charge is 2.31. The molecule has 0 bridgehead atoms. The lowest BCUT2D eigenvalue weighted by Gasteiger charge is -2.24. The normalized spacial score (nSPS) is 18.9. The minimum absolute atomic E-state index is 0.201. The number of fused-ring (bicyclic) bond motifs is 1. The summed E-state index contributed by atoms with van der Waals surface area (Å²) in [6.45, 7) is 9.33. The number of hydrogen-bond donors (Lipinski definition) is 1. The van der Waals surface area contributed by atoms with Crippen molar-refractivity contribution in [2.75, 3.05) is 13.1 Å². The van der Waals surface area contributed by atoms with Crippen molar-refractivity contribution in [1.82, 2.24) is 9.88 Å². The molecule has 1 amide bonds. The minimum atomic E-state index is -0.438. The molecule has 1 aromatic heterocycles. The predicted octanol–water partition coefficient (Wildman–Crippen LogP) is 4.20. The van der Waals surface area contributed by atoms with Gasteiger partial charge in [-0.05, 0) is 51.3 Å². The van der Waals surface area contributed by atoms with Crippen LogP contribution >= 0.6 is 0 Å². The van der Waals surface area contributed by atoms with E-state index in [-0.39, 0.29) is 6.09 Å². The fraction of sp³-hybridized carbons (Fsp3) is 0.500. The zero-order valence-corrected chi connectivity index (χ0v) is 13.8. The molecular formula is C18H24N2O2. The minimum Gasteiger partial charge on any atom is -0.444 e. The van der Waals surface area contributed by atoms with E-state index in [0.717, 1.165) is 19.5 Å². The Bertz CT molecular complexity index is 697. The molecule has 4 nitrogen and oxygen atoms in total. The summed E-state index contributed by atoms with van der Waals surface area (Å²) in [4.78, 5) is 17.3. The van der Waals surface area contributed by atoms with Crippen LogP contribution in [-0.2, 0) is 4.74 Å². The van der Waals surface area contributed by atoms with Gasteiger partial charge >= 0.3 is 6.09 Å². The van der Waals surface area contributed by atoms with Gasteiger partial charge in [-0.1, -0.05) is 12.1 Å². The number of aryl methyl sites for hydroxylation is 1. The van der Waals surface area contributed by atoms with Gasteiger partial charge in [0.25, 0.3) is 0 Å². The van der Waals surface area contributed by atoms with E-state index in [1.165, 1.54) is 22.0 Å². The first-order valence-corrected chi connectivity index (χ1v) is 7.89. The first-order chi connectivity index (χ1) is 10.3. The number of nitrogens with one attached hydrogen (secondary N) is 1. The van der Waals surface area contributed by atoms with E-state index in [9.17, 15) is 4.79 Å². The van der Waals surface area contributed by atoms with E-state index < -0.39 is 5.60 Å². The SMILES string of the molecule is Cc1ccc(C2CCN(C(=O)OC(C)(C)C)C2)c2cc[nH]c12. The molecule has 0 spiro atoms. The largest absolute Gasteiger partial charge is 0.444 e. The van der Waals surface area contributed by atoms with E-state index in [0.29, 0.717) is 5.92 Å². The number of ether oxygens (including phenoxy) is 1. The monoisotopic (exact) mass is 300 g/mol. The summed E-state index contributed by atoms with van der Waals surface area (Å²) in [6, 6.07) is 6.49. The highest BCUT2D eigenvalue weighted by molar-refractivity contribution is 5.86. The number of rotatable bonds is 1. The Morgan fingerprint density at radius 1 is 1.32 bits per heavy atom. The third-order valence-corrected chi connectivity index (χ3v) is 4.25. The van der Waals surface area contributed by atoms with Gasteiger partial charge in [0.2, 0.25) is 0 Å². The molecule has 2 heterocycles. The van der Waals surface area contributed by atoms with Gasteiger partial charge in [0.15, 0.2) is 0 Å². The molecule has 0 radical (unpaired) electrons. The van der Waals surface area contributed by atoms with Gasteiger partial charge < -0.3 is 14.6 Å². The van der Waals surface area contributed by atoms with Crippen LogP contribution in [0.25, 0.3) is 10.9 Å². The molecule has 1 unspecified atom stereocenters. The number of likely N-dealkylation sites (tertiary alicyclic amines) is 1. The number of carbonyl (C=O) groups is 1. The van der Waals surface area contributed by atoms with E-state index >= 15 is 0 Å². The predicted molar refractivity (Wildman–Crippen MR) is 88.2 cm³/mol. The third-order valence-electron chi connectivity index (χ3n) is 4.25. The number of benzene rings is 1. The smallest absolute Gasteiger partial charge is 0.410 e. The standard InChI is InChI=1S/C18H24N2O2/c1-12-5-6-14(15-7-9-19-16(12)15)13-8-10-20(11-13)17(21)22-18(2,3)4/h5-7,9,13,19H,8,10-11H2,1-4H3. The molecule has 4 heteroatoms. The van der Waals surface area contributed by atoms with Crippen LogP contribution < -0.4 is 0 Å². The van der Waals surface area contributed by atoms with Crippen molar-refractivity contribution in [3.63, 3.8) is 0 Å². The number of aromatic nitrogens is 1. The number of carbonyl (C=O) groups excluding carboxylic acids is 1. The quantitative estimate of drug-likeness (QED) is 0.858. The summed E-state index contributed by atoms with van der Waals surface area (Å²) in [5.74, 6) is 0.381. The van der Waals surface area contributed by atoms with Crippen molar-refractivity contribution in [2.45, 2.75) is 45.6 Å². The highest BCUT2D eigenvalue weighted by Crippen LogP contribution is 2.33. The van der Waals surface area contributed by atoms with Crippen LogP contribution in [0.2, 0.25) is 0 Å². The lowest BCUT2D eigenvalue weighted by molar-refractivity contribution is 0.0292. The van der Waals surface area contributed by atoms with Crippen LogP contribution in [0.3, 0.4) is 0 Å². The van der Waals surface area contributed by atoms with Crippen molar-refractivity contribution < 1.29 is 9.53 Å². The summed E-state index contributed by atoms with van der Waals surface area (Å²) in [5.41, 5.74) is 3.35. The van der Waals surface area contributed by atoms with Gasteiger partial charge in [-0.3, -0.25) is 0 Å². The second kappa shape index (κ2) is 5.34. The zero-order chi connectivity index (χ0) is 15.9. The van der Waals surface area contributed by atoms with Gasteiger partial charge in [-0.15, -0.1) is 0 Å². The molecule has 118 valence electrons. The zero-order valence-electron chi connectivity index (χ0n) is 13.8. The lowest BCUT2D eigenvalue weighted by atomic mass is 9.94. The Balaban J connectivity index is 1.79. The molecule has 1 aliphatic heterocycles.